The molecule has 0 amide bonds. The molecular formula is C17H19ClN4O. The number of ether oxygens (including phenoxy) is 1. The van der Waals surface area contributed by atoms with Crippen molar-refractivity contribution < 1.29 is 4.74 Å². The van der Waals surface area contributed by atoms with Crippen LogP contribution in [-0.2, 0) is 6.54 Å². The minimum atomic E-state index is 0.444. The van der Waals surface area contributed by atoms with Crippen molar-refractivity contribution in [1.29, 1.82) is 5.26 Å². The summed E-state index contributed by atoms with van der Waals surface area (Å²) in [4.78, 5) is 6.26. The van der Waals surface area contributed by atoms with E-state index in [0.29, 0.717) is 29.6 Å². The van der Waals surface area contributed by atoms with Gasteiger partial charge in [0.2, 0.25) is 5.88 Å². The Kier molecular flexibility index (Phi) is 6.21. The Labute approximate surface area is 141 Å². The van der Waals surface area contributed by atoms with E-state index in [1.807, 2.05) is 38.4 Å². The van der Waals surface area contributed by atoms with E-state index in [9.17, 15) is 0 Å². The van der Waals surface area contributed by atoms with E-state index in [0.717, 1.165) is 17.8 Å². The lowest BCUT2D eigenvalue weighted by Gasteiger charge is -2.11. The number of anilines is 1. The highest BCUT2D eigenvalue weighted by Gasteiger charge is 2.02. The van der Waals surface area contributed by atoms with Crippen molar-refractivity contribution in [1.82, 2.24) is 9.88 Å². The third-order valence-electron chi connectivity index (χ3n) is 3.17. The number of pyridine rings is 1. The zero-order valence-corrected chi connectivity index (χ0v) is 14.0. The molecule has 2 rings (SSSR count). The topological polar surface area (TPSA) is 61.2 Å². The monoisotopic (exact) mass is 330 g/mol. The second kappa shape index (κ2) is 8.37. The fourth-order valence-electron chi connectivity index (χ4n) is 1.89. The summed E-state index contributed by atoms with van der Waals surface area (Å²) in [6.07, 6.45) is 1.73. The molecule has 0 saturated carbocycles. The summed E-state index contributed by atoms with van der Waals surface area (Å²) in [6.45, 7) is 2.06. The Morgan fingerprint density at radius 1 is 1.30 bits per heavy atom. The fraction of sp³-hybridized carbons (Fsp3) is 0.294. The Balaban J connectivity index is 1.93. The first kappa shape index (κ1) is 17.1. The zero-order valence-electron chi connectivity index (χ0n) is 13.2. The van der Waals surface area contributed by atoms with Gasteiger partial charge in [-0.05, 0) is 43.9 Å². The molecule has 6 heteroatoms. The van der Waals surface area contributed by atoms with Crippen LogP contribution >= 0.6 is 11.6 Å². The number of nitriles is 1. The van der Waals surface area contributed by atoms with Gasteiger partial charge >= 0.3 is 0 Å². The highest BCUT2D eigenvalue weighted by atomic mass is 35.5. The second-order valence-electron chi connectivity index (χ2n) is 5.31. The first-order valence-corrected chi connectivity index (χ1v) is 7.62. The highest BCUT2D eigenvalue weighted by Crippen LogP contribution is 2.21. The number of nitrogens with one attached hydrogen (secondary N) is 1. The lowest BCUT2D eigenvalue weighted by atomic mass is 10.2. The van der Waals surface area contributed by atoms with Crippen LogP contribution in [0, 0.1) is 11.3 Å². The van der Waals surface area contributed by atoms with Gasteiger partial charge in [-0.1, -0.05) is 11.6 Å². The molecule has 0 bridgehead atoms. The molecule has 0 atom stereocenters. The van der Waals surface area contributed by atoms with Crippen molar-refractivity contribution in [3.05, 3.63) is 52.7 Å². The number of likely N-dealkylation sites (N-methyl/N-ethyl adjacent to an activating group) is 1. The lowest BCUT2D eigenvalue weighted by Crippen LogP contribution is -2.19. The summed E-state index contributed by atoms with van der Waals surface area (Å²) < 4.78 is 5.62. The number of hydrogen-bond donors (Lipinski definition) is 1. The van der Waals surface area contributed by atoms with Gasteiger partial charge in [0.15, 0.2) is 0 Å². The van der Waals surface area contributed by atoms with Crippen molar-refractivity contribution >= 4 is 17.3 Å². The predicted molar refractivity (Wildman–Crippen MR) is 91.8 cm³/mol. The van der Waals surface area contributed by atoms with Crippen molar-refractivity contribution in [2.24, 2.45) is 0 Å². The SMILES string of the molecule is CN(C)CCOc1cc(CNc2ccc(C#N)c(Cl)c2)ccn1. The molecule has 120 valence electrons. The van der Waals surface area contributed by atoms with Crippen molar-refractivity contribution in [2.45, 2.75) is 6.54 Å². The van der Waals surface area contributed by atoms with E-state index < -0.39 is 0 Å². The summed E-state index contributed by atoms with van der Waals surface area (Å²) in [5, 5.41) is 12.6. The van der Waals surface area contributed by atoms with Gasteiger partial charge in [-0.25, -0.2) is 4.98 Å². The molecule has 0 saturated heterocycles. The molecule has 0 aliphatic heterocycles. The van der Waals surface area contributed by atoms with Gasteiger partial charge in [0.25, 0.3) is 0 Å². The number of nitrogens with zero attached hydrogens (tertiary/aromatic N) is 3. The molecule has 0 fully saturated rings. The highest BCUT2D eigenvalue weighted by molar-refractivity contribution is 6.32. The predicted octanol–water partition coefficient (Wildman–Crippen LogP) is 3.16. The second-order valence-corrected chi connectivity index (χ2v) is 5.72. The maximum absolute atomic E-state index is 8.87. The molecule has 0 aliphatic rings. The largest absolute Gasteiger partial charge is 0.476 e. The number of aromatic nitrogens is 1. The van der Waals surface area contributed by atoms with Gasteiger partial charge in [-0.2, -0.15) is 5.26 Å². The Hall–Kier alpha value is -2.29. The van der Waals surface area contributed by atoms with Crippen LogP contribution in [0.3, 0.4) is 0 Å². The minimum Gasteiger partial charge on any atom is -0.476 e. The molecule has 5 nitrogen and oxygen atoms in total. The molecule has 1 heterocycles. The van der Waals surface area contributed by atoms with Crippen LogP contribution in [0.4, 0.5) is 5.69 Å². The van der Waals surface area contributed by atoms with Crippen molar-refractivity contribution in [2.75, 3.05) is 32.6 Å². The van der Waals surface area contributed by atoms with Crippen LogP contribution in [0.2, 0.25) is 5.02 Å². The molecule has 0 unspecified atom stereocenters. The van der Waals surface area contributed by atoms with Crippen LogP contribution in [0.15, 0.2) is 36.5 Å². The first-order valence-electron chi connectivity index (χ1n) is 7.24. The van der Waals surface area contributed by atoms with E-state index in [4.69, 9.17) is 21.6 Å². The number of hydrogen-bond acceptors (Lipinski definition) is 5. The third-order valence-corrected chi connectivity index (χ3v) is 3.49. The first-order chi connectivity index (χ1) is 11.1. The Morgan fingerprint density at radius 3 is 2.83 bits per heavy atom. The molecule has 0 spiro atoms. The van der Waals surface area contributed by atoms with Crippen LogP contribution < -0.4 is 10.1 Å². The van der Waals surface area contributed by atoms with Crippen LogP contribution in [-0.4, -0.2) is 37.1 Å². The lowest BCUT2D eigenvalue weighted by molar-refractivity contribution is 0.253. The van der Waals surface area contributed by atoms with Crippen molar-refractivity contribution in [3.63, 3.8) is 0 Å². The summed E-state index contributed by atoms with van der Waals surface area (Å²) in [5.41, 5.74) is 2.39. The van der Waals surface area contributed by atoms with E-state index in [1.54, 1.807) is 18.3 Å². The quantitative estimate of drug-likeness (QED) is 0.845. The number of benzene rings is 1. The molecule has 1 N–H and O–H groups in total. The van der Waals surface area contributed by atoms with Crippen LogP contribution in [0.25, 0.3) is 0 Å². The molecule has 23 heavy (non-hydrogen) atoms. The summed E-state index contributed by atoms with van der Waals surface area (Å²) in [7, 11) is 4.00. The van der Waals surface area contributed by atoms with E-state index in [1.165, 1.54) is 0 Å². The standard InChI is InChI=1S/C17H19ClN4O/c1-22(2)7-8-23-17-9-13(5-6-20-17)12-21-15-4-3-14(11-19)16(18)10-15/h3-6,9-10,21H,7-8,12H2,1-2H3. The molecular weight excluding hydrogens is 312 g/mol. The number of rotatable bonds is 7. The van der Waals surface area contributed by atoms with Gasteiger partial charge in [-0.15, -0.1) is 0 Å². The van der Waals surface area contributed by atoms with E-state index in [-0.39, 0.29) is 0 Å². The summed E-state index contributed by atoms with van der Waals surface area (Å²) in [6, 6.07) is 11.2. The zero-order chi connectivity index (χ0) is 16.7. The molecule has 0 radical (unpaired) electrons. The average Bonchev–Trinajstić information content (AvgIpc) is 2.53. The number of halogens is 1. The Bertz CT molecular complexity index is 697. The normalized spacial score (nSPS) is 10.4. The van der Waals surface area contributed by atoms with Crippen LogP contribution in [0.5, 0.6) is 5.88 Å². The Morgan fingerprint density at radius 2 is 2.13 bits per heavy atom. The van der Waals surface area contributed by atoms with Crippen LogP contribution in [0.1, 0.15) is 11.1 Å². The van der Waals surface area contributed by atoms with Gasteiger partial charge in [0.1, 0.15) is 12.7 Å². The molecule has 0 aliphatic carbocycles. The summed E-state index contributed by atoms with van der Waals surface area (Å²) in [5.74, 6) is 0.615. The maximum Gasteiger partial charge on any atom is 0.213 e. The average molecular weight is 331 g/mol. The smallest absolute Gasteiger partial charge is 0.213 e. The van der Waals surface area contributed by atoms with Gasteiger partial charge in [0, 0.05) is 31.0 Å². The van der Waals surface area contributed by atoms with E-state index >= 15 is 0 Å². The van der Waals surface area contributed by atoms with Gasteiger partial charge in [0.05, 0.1) is 10.6 Å². The van der Waals surface area contributed by atoms with Crippen molar-refractivity contribution in [3.8, 4) is 11.9 Å². The fourth-order valence-corrected chi connectivity index (χ4v) is 2.11. The maximum atomic E-state index is 8.87. The van der Waals surface area contributed by atoms with E-state index in [2.05, 4.69) is 15.2 Å². The summed E-state index contributed by atoms with van der Waals surface area (Å²) >= 11 is 6.02. The van der Waals surface area contributed by atoms with Gasteiger partial charge in [-0.3, -0.25) is 0 Å². The minimum absolute atomic E-state index is 0.444. The molecule has 1 aromatic heterocycles. The third kappa shape index (κ3) is 5.44. The molecule has 2 aromatic rings. The molecule has 1 aromatic carbocycles. The van der Waals surface area contributed by atoms with Gasteiger partial charge < -0.3 is 15.0 Å².